The summed E-state index contributed by atoms with van der Waals surface area (Å²) in [4.78, 5) is 34.8. The molecule has 0 atom stereocenters. The lowest BCUT2D eigenvalue weighted by atomic mass is 10.1. The first-order valence-corrected chi connectivity index (χ1v) is 11.3. The molecule has 0 aliphatic rings. The molecule has 2 heterocycles. The molecule has 2 amide bonds. The number of rotatable bonds is 6. The molecule has 156 valence electrons. The predicted molar refractivity (Wildman–Crippen MR) is 126 cm³/mol. The van der Waals surface area contributed by atoms with Gasteiger partial charge in [-0.05, 0) is 43.7 Å². The standard InChI is InChI=1S/C23H20N4O2S2/c1-14-21(31-15(2)24-14)19-13-30-23(26-19)27-20(28)12-16-7-6-10-18(11-16)25-22(29)17-8-4-3-5-9-17/h3-11,13H,12H2,1-2H3,(H,25,29)(H,26,27,28). The number of nitrogens with one attached hydrogen (secondary N) is 2. The first kappa shape index (κ1) is 20.9. The minimum Gasteiger partial charge on any atom is -0.322 e. The van der Waals surface area contributed by atoms with E-state index in [1.807, 2.05) is 49.6 Å². The summed E-state index contributed by atoms with van der Waals surface area (Å²) in [5.41, 5.74) is 3.80. The Morgan fingerprint density at radius 3 is 2.52 bits per heavy atom. The van der Waals surface area contributed by atoms with Crippen molar-refractivity contribution in [1.82, 2.24) is 9.97 Å². The second-order valence-electron chi connectivity index (χ2n) is 6.93. The fraction of sp³-hybridized carbons (Fsp3) is 0.130. The third-order valence-corrected chi connectivity index (χ3v) is 6.33. The van der Waals surface area contributed by atoms with E-state index in [9.17, 15) is 9.59 Å². The van der Waals surface area contributed by atoms with E-state index < -0.39 is 0 Å². The highest BCUT2D eigenvalue weighted by Crippen LogP contribution is 2.32. The van der Waals surface area contributed by atoms with Crippen molar-refractivity contribution in [1.29, 1.82) is 0 Å². The number of anilines is 2. The first-order chi connectivity index (χ1) is 15.0. The molecule has 2 aromatic heterocycles. The molecule has 0 fully saturated rings. The molecule has 0 aliphatic carbocycles. The van der Waals surface area contributed by atoms with Crippen LogP contribution in [0.15, 0.2) is 60.0 Å². The van der Waals surface area contributed by atoms with Gasteiger partial charge in [-0.1, -0.05) is 30.3 Å². The van der Waals surface area contributed by atoms with Crippen LogP contribution in [0.1, 0.15) is 26.6 Å². The summed E-state index contributed by atoms with van der Waals surface area (Å²) in [5, 5.41) is 9.19. The van der Waals surface area contributed by atoms with Crippen LogP contribution >= 0.6 is 22.7 Å². The highest BCUT2D eigenvalue weighted by molar-refractivity contribution is 7.16. The lowest BCUT2D eigenvalue weighted by Gasteiger charge is -2.08. The number of hydrogen-bond acceptors (Lipinski definition) is 6. The maximum atomic E-state index is 12.5. The zero-order valence-electron chi connectivity index (χ0n) is 17.0. The average molecular weight is 449 g/mol. The zero-order chi connectivity index (χ0) is 21.8. The van der Waals surface area contributed by atoms with E-state index in [2.05, 4.69) is 20.6 Å². The molecule has 31 heavy (non-hydrogen) atoms. The summed E-state index contributed by atoms with van der Waals surface area (Å²) < 4.78 is 0. The van der Waals surface area contributed by atoms with Crippen molar-refractivity contribution < 1.29 is 9.59 Å². The van der Waals surface area contributed by atoms with Gasteiger partial charge in [0.05, 0.1) is 27.7 Å². The van der Waals surface area contributed by atoms with E-state index in [1.165, 1.54) is 11.3 Å². The van der Waals surface area contributed by atoms with Crippen LogP contribution in [-0.2, 0) is 11.2 Å². The lowest BCUT2D eigenvalue weighted by molar-refractivity contribution is -0.115. The molecule has 0 bridgehead atoms. The molecule has 0 saturated carbocycles. The van der Waals surface area contributed by atoms with E-state index in [4.69, 9.17) is 0 Å². The Kier molecular flexibility index (Phi) is 6.20. The Labute approximate surface area is 188 Å². The minimum absolute atomic E-state index is 0.162. The van der Waals surface area contributed by atoms with Crippen LogP contribution in [0.25, 0.3) is 10.6 Å². The second-order valence-corrected chi connectivity index (χ2v) is 8.99. The van der Waals surface area contributed by atoms with Crippen molar-refractivity contribution in [2.24, 2.45) is 0 Å². The van der Waals surface area contributed by atoms with Gasteiger partial charge in [0.1, 0.15) is 0 Å². The first-order valence-electron chi connectivity index (χ1n) is 9.63. The fourth-order valence-electron chi connectivity index (χ4n) is 3.11. The van der Waals surface area contributed by atoms with Gasteiger partial charge in [-0.2, -0.15) is 0 Å². The number of benzene rings is 2. The van der Waals surface area contributed by atoms with Crippen LogP contribution < -0.4 is 10.6 Å². The summed E-state index contributed by atoms with van der Waals surface area (Å²) in [6.45, 7) is 3.92. The summed E-state index contributed by atoms with van der Waals surface area (Å²) in [6.07, 6.45) is 0.183. The van der Waals surface area contributed by atoms with Gasteiger partial charge in [0.2, 0.25) is 5.91 Å². The molecule has 0 spiro atoms. The summed E-state index contributed by atoms with van der Waals surface area (Å²) in [6, 6.07) is 16.3. The van der Waals surface area contributed by atoms with Gasteiger partial charge in [-0.15, -0.1) is 22.7 Å². The molecule has 2 aromatic carbocycles. The molecule has 4 rings (SSSR count). The van der Waals surface area contributed by atoms with Gasteiger partial charge < -0.3 is 10.6 Å². The van der Waals surface area contributed by atoms with Gasteiger partial charge in [-0.25, -0.2) is 9.97 Å². The molecule has 0 aliphatic heterocycles. The largest absolute Gasteiger partial charge is 0.322 e. The molecule has 8 heteroatoms. The topological polar surface area (TPSA) is 84.0 Å². The normalized spacial score (nSPS) is 10.6. The predicted octanol–water partition coefficient (Wildman–Crippen LogP) is 5.32. The van der Waals surface area contributed by atoms with Gasteiger partial charge in [0.25, 0.3) is 5.91 Å². The molecular formula is C23H20N4O2S2. The van der Waals surface area contributed by atoms with Crippen LogP contribution in [0, 0.1) is 13.8 Å². The number of carbonyl (C=O) groups excluding carboxylic acids is 2. The smallest absolute Gasteiger partial charge is 0.255 e. The van der Waals surface area contributed by atoms with Gasteiger partial charge >= 0.3 is 0 Å². The van der Waals surface area contributed by atoms with E-state index in [-0.39, 0.29) is 18.2 Å². The molecule has 6 nitrogen and oxygen atoms in total. The molecule has 0 radical (unpaired) electrons. The molecule has 0 unspecified atom stereocenters. The van der Waals surface area contributed by atoms with E-state index >= 15 is 0 Å². The van der Waals surface area contributed by atoms with Crippen molar-refractivity contribution in [3.8, 4) is 10.6 Å². The fourth-order valence-corrected chi connectivity index (χ4v) is 4.78. The highest BCUT2D eigenvalue weighted by Gasteiger charge is 2.13. The monoisotopic (exact) mass is 448 g/mol. The van der Waals surface area contributed by atoms with Crippen molar-refractivity contribution in [2.45, 2.75) is 20.3 Å². The number of carbonyl (C=O) groups is 2. The van der Waals surface area contributed by atoms with Crippen LogP contribution in [0.4, 0.5) is 10.8 Å². The number of aryl methyl sites for hydroxylation is 2. The Morgan fingerprint density at radius 1 is 0.968 bits per heavy atom. The quantitative estimate of drug-likeness (QED) is 0.418. The van der Waals surface area contributed by atoms with Crippen molar-refractivity contribution in [2.75, 3.05) is 10.6 Å². The van der Waals surface area contributed by atoms with Crippen molar-refractivity contribution in [3.05, 3.63) is 81.8 Å². The Morgan fingerprint density at radius 2 is 1.77 bits per heavy atom. The van der Waals surface area contributed by atoms with Gasteiger partial charge in [0.15, 0.2) is 5.13 Å². The molecule has 2 N–H and O–H groups in total. The number of nitrogens with zero attached hydrogens (tertiary/aromatic N) is 2. The summed E-state index contributed by atoms with van der Waals surface area (Å²) >= 11 is 2.98. The summed E-state index contributed by atoms with van der Waals surface area (Å²) in [5.74, 6) is -0.351. The SMILES string of the molecule is Cc1nc(C)c(-c2csc(NC(=O)Cc3cccc(NC(=O)c4ccccc4)c3)n2)s1. The van der Waals surface area contributed by atoms with E-state index in [1.54, 1.807) is 35.6 Å². The number of hydrogen-bond donors (Lipinski definition) is 2. The Hall–Kier alpha value is -3.36. The number of thiazole rings is 2. The number of amides is 2. The Balaban J connectivity index is 1.38. The van der Waals surface area contributed by atoms with Crippen LogP contribution in [-0.4, -0.2) is 21.8 Å². The van der Waals surface area contributed by atoms with Crippen molar-refractivity contribution in [3.63, 3.8) is 0 Å². The minimum atomic E-state index is -0.189. The zero-order valence-corrected chi connectivity index (χ0v) is 18.6. The maximum absolute atomic E-state index is 12.5. The van der Waals surface area contributed by atoms with Crippen LogP contribution in [0.2, 0.25) is 0 Å². The molecule has 4 aromatic rings. The van der Waals surface area contributed by atoms with Crippen LogP contribution in [0.3, 0.4) is 0 Å². The molecule has 0 saturated heterocycles. The maximum Gasteiger partial charge on any atom is 0.255 e. The Bertz CT molecular complexity index is 1230. The molecular weight excluding hydrogens is 428 g/mol. The van der Waals surface area contributed by atoms with Crippen molar-refractivity contribution >= 4 is 45.3 Å². The van der Waals surface area contributed by atoms with E-state index in [0.29, 0.717) is 16.4 Å². The lowest BCUT2D eigenvalue weighted by Crippen LogP contribution is -2.15. The average Bonchev–Trinajstić information content (AvgIpc) is 3.34. The van der Waals surface area contributed by atoms with Gasteiger partial charge in [0, 0.05) is 16.6 Å². The third-order valence-electron chi connectivity index (χ3n) is 4.47. The second kappa shape index (κ2) is 9.20. The highest BCUT2D eigenvalue weighted by atomic mass is 32.1. The van der Waals surface area contributed by atoms with E-state index in [0.717, 1.165) is 26.8 Å². The third kappa shape index (κ3) is 5.22. The van der Waals surface area contributed by atoms with Crippen LogP contribution in [0.5, 0.6) is 0 Å². The number of aromatic nitrogens is 2. The summed E-state index contributed by atoms with van der Waals surface area (Å²) in [7, 11) is 0. The van der Waals surface area contributed by atoms with Gasteiger partial charge in [-0.3, -0.25) is 9.59 Å².